The van der Waals surface area contributed by atoms with E-state index in [9.17, 15) is 0 Å². The lowest BCUT2D eigenvalue weighted by molar-refractivity contribution is 0.541. The Morgan fingerprint density at radius 3 is 2.48 bits per heavy atom. The fourth-order valence-electron chi connectivity index (χ4n) is 2.67. The highest BCUT2D eigenvalue weighted by Crippen LogP contribution is 2.25. The summed E-state index contributed by atoms with van der Waals surface area (Å²) in [7, 11) is 0. The second-order valence-electron chi connectivity index (χ2n) is 6.03. The average molecular weight is 329 g/mol. The van der Waals surface area contributed by atoms with E-state index in [0.717, 1.165) is 48.2 Å². The molecule has 0 spiro atoms. The highest BCUT2D eigenvalue weighted by molar-refractivity contribution is 7.09. The van der Waals surface area contributed by atoms with E-state index in [1.54, 1.807) is 0 Å². The number of fused-ring (bicyclic) bond motifs is 1. The third kappa shape index (κ3) is 2.76. The molecule has 120 valence electrons. The number of para-hydroxylation sites is 2. The maximum absolute atomic E-state index is 5.85. The molecule has 7 heteroatoms. The second-order valence-corrected chi connectivity index (χ2v) is 6.76. The molecule has 1 aromatic carbocycles. The lowest BCUT2D eigenvalue weighted by Crippen LogP contribution is -2.46. The third-order valence-corrected chi connectivity index (χ3v) is 4.84. The molecular formula is C16H19N5OS. The molecule has 0 bridgehead atoms. The van der Waals surface area contributed by atoms with Gasteiger partial charge in [-0.15, -0.1) is 0 Å². The molecule has 3 aromatic rings. The molecule has 0 N–H and O–H groups in total. The SMILES string of the molecule is CC(C)c1nsc(N2CCN(c3nc4ccccc4o3)CC2)n1. The van der Waals surface area contributed by atoms with Gasteiger partial charge < -0.3 is 14.2 Å². The first-order valence-corrected chi connectivity index (χ1v) is 8.67. The van der Waals surface area contributed by atoms with Crippen molar-refractivity contribution in [1.29, 1.82) is 0 Å². The van der Waals surface area contributed by atoms with Gasteiger partial charge in [-0.3, -0.25) is 0 Å². The molecule has 1 aliphatic rings. The second kappa shape index (κ2) is 5.81. The van der Waals surface area contributed by atoms with Crippen LogP contribution in [-0.2, 0) is 0 Å². The molecule has 2 aromatic heterocycles. The summed E-state index contributed by atoms with van der Waals surface area (Å²) in [4.78, 5) is 13.7. The molecule has 1 aliphatic heterocycles. The first-order chi connectivity index (χ1) is 11.2. The number of hydrogen-bond donors (Lipinski definition) is 0. The van der Waals surface area contributed by atoms with E-state index in [0.29, 0.717) is 11.9 Å². The molecule has 0 radical (unpaired) electrons. The van der Waals surface area contributed by atoms with Crippen LogP contribution in [0.4, 0.5) is 11.1 Å². The summed E-state index contributed by atoms with van der Waals surface area (Å²) >= 11 is 1.49. The Bertz CT molecular complexity index is 771. The summed E-state index contributed by atoms with van der Waals surface area (Å²) in [5, 5.41) is 1.02. The zero-order chi connectivity index (χ0) is 15.8. The van der Waals surface area contributed by atoms with Gasteiger partial charge in [0, 0.05) is 43.6 Å². The number of benzene rings is 1. The van der Waals surface area contributed by atoms with E-state index in [1.807, 2.05) is 24.3 Å². The summed E-state index contributed by atoms with van der Waals surface area (Å²) in [6, 6.07) is 8.60. The Hall–Kier alpha value is -2.15. The maximum atomic E-state index is 5.85. The van der Waals surface area contributed by atoms with Crippen molar-refractivity contribution in [2.24, 2.45) is 0 Å². The van der Waals surface area contributed by atoms with Crippen LogP contribution in [0.2, 0.25) is 0 Å². The average Bonchev–Trinajstić information content (AvgIpc) is 3.22. The molecule has 23 heavy (non-hydrogen) atoms. The van der Waals surface area contributed by atoms with Gasteiger partial charge in [0.1, 0.15) is 11.3 Å². The third-order valence-electron chi connectivity index (χ3n) is 4.05. The number of oxazole rings is 1. The van der Waals surface area contributed by atoms with E-state index in [1.165, 1.54) is 11.5 Å². The number of aromatic nitrogens is 3. The van der Waals surface area contributed by atoms with Crippen molar-refractivity contribution in [1.82, 2.24) is 14.3 Å². The Morgan fingerprint density at radius 2 is 1.78 bits per heavy atom. The topological polar surface area (TPSA) is 58.3 Å². The summed E-state index contributed by atoms with van der Waals surface area (Å²) in [6.45, 7) is 7.82. The highest BCUT2D eigenvalue weighted by atomic mass is 32.1. The lowest BCUT2D eigenvalue weighted by atomic mass is 10.2. The number of rotatable bonds is 3. The molecule has 1 fully saturated rings. The molecule has 3 heterocycles. The van der Waals surface area contributed by atoms with Crippen molar-refractivity contribution in [3.05, 3.63) is 30.1 Å². The van der Waals surface area contributed by atoms with Crippen LogP contribution in [0.5, 0.6) is 0 Å². The number of nitrogens with zero attached hydrogens (tertiary/aromatic N) is 5. The Kier molecular flexibility index (Phi) is 3.65. The van der Waals surface area contributed by atoms with Crippen molar-refractivity contribution in [3.63, 3.8) is 0 Å². The maximum Gasteiger partial charge on any atom is 0.298 e. The number of hydrogen-bond acceptors (Lipinski definition) is 7. The van der Waals surface area contributed by atoms with Crippen molar-refractivity contribution in [2.75, 3.05) is 36.0 Å². The largest absolute Gasteiger partial charge is 0.423 e. The predicted molar refractivity (Wildman–Crippen MR) is 92.4 cm³/mol. The fourth-order valence-corrected chi connectivity index (χ4v) is 3.53. The van der Waals surface area contributed by atoms with Gasteiger partial charge in [-0.05, 0) is 12.1 Å². The van der Waals surface area contributed by atoms with E-state index in [4.69, 9.17) is 4.42 Å². The first kappa shape index (κ1) is 14.4. The van der Waals surface area contributed by atoms with Crippen molar-refractivity contribution >= 4 is 33.8 Å². The summed E-state index contributed by atoms with van der Waals surface area (Å²) in [6.07, 6.45) is 0. The van der Waals surface area contributed by atoms with E-state index >= 15 is 0 Å². The molecule has 4 rings (SSSR count). The summed E-state index contributed by atoms with van der Waals surface area (Å²) in [5.74, 6) is 1.31. The number of piperazine rings is 1. The Morgan fingerprint density at radius 1 is 1.04 bits per heavy atom. The first-order valence-electron chi connectivity index (χ1n) is 7.90. The van der Waals surface area contributed by atoms with Gasteiger partial charge >= 0.3 is 0 Å². The zero-order valence-corrected chi connectivity index (χ0v) is 14.1. The van der Waals surface area contributed by atoms with Crippen molar-refractivity contribution < 1.29 is 4.42 Å². The molecule has 0 aliphatic carbocycles. The smallest absolute Gasteiger partial charge is 0.298 e. The molecular weight excluding hydrogens is 310 g/mol. The quantitative estimate of drug-likeness (QED) is 0.736. The van der Waals surface area contributed by atoms with Crippen LogP contribution in [0.3, 0.4) is 0 Å². The van der Waals surface area contributed by atoms with Gasteiger partial charge in [-0.2, -0.15) is 9.36 Å². The Labute approximate surface area is 138 Å². The fraction of sp³-hybridized carbons (Fsp3) is 0.438. The van der Waals surface area contributed by atoms with Crippen LogP contribution in [0.15, 0.2) is 28.7 Å². The minimum atomic E-state index is 0.376. The highest BCUT2D eigenvalue weighted by Gasteiger charge is 2.23. The van der Waals surface area contributed by atoms with Crippen LogP contribution in [0.1, 0.15) is 25.6 Å². The van der Waals surface area contributed by atoms with Crippen LogP contribution in [0, 0.1) is 0 Å². The molecule has 0 atom stereocenters. The van der Waals surface area contributed by atoms with E-state index < -0.39 is 0 Å². The molecule has 1 saturated heterocycles. The van der Waals surface area contributed by atoms with Crippen LogP contribution < -0.4 is 9.80 Å². The molecule has 0 saturated carbocycles. The van der Waals surface area contributed by atoms with E-state index in [2.05, 4.69) is 38.0 Å². The lowest BCUT2D eigenvalue weighted by Gasteiger charge is -2.33. The van der Waals surface area contributed by atoms with Gasteiger partial charge in [0.05, 0.1) is 0 Å². The monoisotopic (exact) mass is 329 g/mol. The van der Waals surface area contributed by atoms with Gasteiger partial charge in [0.2, 0.25) is 5.13 Å². The van der Waals surface area contributed by atoms with Gasteiger partial charge in [-0.1, -0.05) is 26.0 Å². The predicted octanol–water partition coefficient (Wildman–Crippen LogP) is 3.13. The zero-order valence-electron chi connectivity index (χ0n) is 13.3. The van der Waals surface area contributed by atoms with Gasteiger partial charge in [-0.25, -0.2) is 4.98 Å². The van der Waals surface area contributed by atoms with Crippen LogP contribution in [-0.4, -0.2) is 40.5 Å². The standard InChI is InChI=1S/C16H19N5OS/c1-11(2)14-18-16(23-19-14)21-9-7-20(8-10-21)15-17-12-5-3-4-6-13(12)22-15/h3-6,11H,7-10H2,1-2H3. The molecule has 6 nitrogen and oxygen atoms in total. The minimum absolute atomic E-state index is 0.376. The Balaban J connectivity index is 1.45. The molecule has 0 amide bonds. The number of anilines is 2. The summed E-state index contributed by atoms with van der Waals surface area (Å²) < 4.78 is 10.3. The van der Waals surface area contributed by atoms with Crippen LogP contribution >= 0.6 is 11.5 Å². The minimum Gasteiger partial charge on any atom is -0.423 e. The van der Waals surface area contributed by atoms with Crippen molar-refractivity contribution in [3.8, 4) is 0 Å². The van der Waals surface area contributed by atoms with Gasteiger partial charge in [0.25, 0.3) is 6.01 Å². The summed E-state index contributed by atoms with van der Waals surface area (Å²) in [5.41, 5.74) is 1.76. The normalized spacial score (nSPS) is 15.8. The van der Waals surface area contributed by atoms with Gasteiger partial charge in [0.15, 0.2) is 5.58 Å². The van der Waals surface area contributed by atoms with Crippen LogP contribution in [0.25, 0.3) is 11.1 Å². The molecule has 0 unspecified atom stereocenters. The van der Waals surface area contributed by atoms with Crippen molar-refractivity contribution in [2.45, 2.75) is 19.8 Å². The van der Waals surface area contributed by atoms with E-state index in [-0.39, 0.29) is 0 Å².